The molecule has 1 aromatic heterocycles. The van der Waals surface area contributed by atoms with Crippen LogP contribution in [0.2, 0.25) is 0 Å². The van der Waals surface area contributed by atoms with Crippen LogP contribution in [0.4, 0.5) is 0 Å². The first-order chi connectivity index (χ1) is 12.9. The van der Waals surface area contributed by atoms with Crippen LogP contribution in [0.15, 0.2) is 60.8 Å². The molecule has 7 nitrogen and oxygen atoms in total. The van der Waals surface area contributed by atoms with E-state index in [-0.39, 0.29) is 6.42 Å². The maximum Gasteiger partial charge on any atom is 0.237 e. The van der Waals surface area contributed by atoms with Gasteiger partial charge in [0.1, 0.15) is 5.75 Å². The highest BCUT2D eigenvalue weighted by molar-refractivity contribution is 7.89. The summed E-state index contributed by atoms with van der Waals surface area (Å²) >= 11 is 0. The van der Waals surface area contributed by atoms with Gasteiger partial charge in [0.2, 0.25) is 15.9 Å². The lowest BCUT2D eigenvalue weighted by Crippen LogP contribution is -2.30. The molecule has 0 saturated carbocycles. The summed E-state index contributed by atoms with van der Waals surface area (Å²) < 4.78 is 31.5. The number of nitrogens with zero attached hydrogens (tertiary/aromatic N) is 2. The highest BCUT2D eigenvalue weighted by Gasteiger charge is 2.17. The minimum absolute atomic E-state index is 0.110. The summed E-state index contributed by atoms with van der Waals surface area (Å²) in [6, 6.07) is 16.8. The van der Waals surface area contributed by atoms with Gasteiger partial charge in [-0.05, 0) is 36.4 Å². The molecule has 0 aliphatic rings. The monoisotopic (exact) mass is 385 g/mol. The Morgan fingerprint density at radius 2 is 1.78 bits per heavy atom. The molecule has 3 aromatic rings. The second-order valence-electron chi connectivity index (χ2n) is 5.99. The lowest BCUT2D eigenvalue weighted by molar-refractivity contribution is -0.118. The van der Waals surface area contributed by atoms with Gasteiger partial charge in [0, 0.05) is 17.3 Å². The van der Waals surface area contributed by atoms with E-state index in [4.69, 9.17) is 4.74 Å². The molecular weight excluding hydrogens is 366 g/mol. The first-order valence-corrected chi connectivity index (χ1v) is 10.0. The van der Waals surface area contributed by atoms with Gasteiger partial charge in [0.05, 0.1) is 31.2 Å². The van der Waals surface area contributed by atoms with E-state index in [2.05, 4.69) is 5.10 Å². The molecule has 0 unspecified atom stereocenters. The zero-order chi connectivity index (χ0) is 19.4. The van der Waals surface area contributed by atoms with E-state index in [9.17, 15) is 13.2 Å². The van der Waals surface area contributed by atoms with Gasteiger partial charge in [-0.3, -0.25) is 9.52 Å². The molecule has 0 bridgehead atoms. The molecule has 0 spiro atoms. The van der Waals surface area contributed by atoms with E-state index in [0.29, 0.717) is 17.0 Å². The first kappa shape index (κ1) is 18.7. The lowest BCUT2D eigenvalue weighted by atomic mass is 10.1. The van der Waals surface area contributed by atoms with Gasteiger partial charge in [-0.1, -0.05) is 18.2 Å². The summed E-state index contributed by atoms with van der Waals surface area (Å²) in [5.74, 6) is 0.0949. The zero-order valence-corrected chi connectivity index (χ0v) is 15.7. The van der Waals surface area contributed by atoms with Gasteiger partial charge < -0.3 is 4.74 Å². The molecule has 8 heteroatoms. The van der Waals surface area contributed by atoms with E-state index in [1.807, 2.05) is 47.2 Å². The maximum atomic E-state index is 12.1. The van der Waals surface area contributed by atoms with E-state index in [1.165, 1.54) is 0 Å². The number of carbonyl (C=O) groups excluding carboxylic acids is 1. The van der Waals surface area contributed by atoms with Gasteiger partial charge in [-0.25, -0.2) is 13.1 Å². The maximum absolute atomic E-state index is 12.1. The number of benzene rings is 2. The number of para-hydroxylation sites is 1. The Balaban J connectivity index is 2.01. The average molecular weight is 385 g/mol. The molecule has 3 rings (SSSR count). The molecule has 0 atom stereocenters. The fourth-order valence-electron chi connectivity index (χ4n) is 2.66. The average Bonchev–Trinajstić information content (AvgIpc) is 3.04. The van der Waals surface area contributed by atoms with Crippen molar-refractivity contribution in [3.63, 3.8) is 0 Å². The highest BCUT2D eigenvalue weighted by atomic mass is 32.2. The Kier molecular flexibility index (Phi) is 5.27. The predicted molar refractivity (Wildman–Crippen MR) is 102 cm³/mol. The van der Waals surface area contributed by atoms with Crippen molar-refractivity contribution in [2.75, 3.05) is 13.4 Å². The molecule has 1 heterocycles. The van der Waals surface area contributed by atoms with Crippen molar-refractivity contribution in [1.29, 1.82) is 0 Å². The Bertz CT molecular complexity index is 1040. The number of rotatable bonds is 6. The van der Waals surface area contributed by atoms with Gasteiger partial charge in [0.25, 0.3) is 0 Å². The number of sulfonamides is 1. The van der Waals surface area contributed by atoms with Crippen LogP contribution in [-0.2, 0) is 21.2 Å². The summed E-state index contributed by atoms with van der Waals surface area (Å²) in [6.45, 7) is 0. The van der Waals surface area contributed by atoms with E-state index < -0.39 is 15.9 Å². The fourth-order valence-corrected chi connectivity index (χ4v) is 3.15. The molecule has 0 aliphatic carbocycles. The number of hydrogen-bond acceptors (Lipinski definition) is 5. The third-order valence-corrected chi connectivity index (χ3v) is 4.42. The van der Waals surface area contributed by atoms with Gasteiger partial charge in [0.15, 0.2) is 0 Å². The second-order valence-corrected chi connectivity index (χ2v) is 7.73. The number of ether oxygens (including phenoxy) is 1. The molecule has 0 fully saturated rings. The fraction of sp³-hybridized carbons (Fsp3) is 0.158. The van der Waals surface area contributed by atoms with Crippen molar-refractivity contribution in [2.24, 2.45) is 0 Å². The van der Waals surface area contributed by atoms with Crippen LogP contribution in [0.1, 0.15) is 5.56 Å². The third-order valence-electron chi connectivity index (χ3n) is 3.82. The Labute approximate surface area is 157 Å². The SMILES string of the molecule is COc1ccc(-c2nn(-c3ccccc3)cc2CC(=O)NS(C)(=O)=O)cc1. The van der Waals surface area contributed by atoms with Crippen LogP contribution in [0, 0.1) is 0 Å². The minimum atomic E-state index is -3.62. The number of carbonyl (C=O) groups is 1. The number of amides is 1. The molecule has 0 aliphatic heterocycles. The molecule has 1 N–H and O–H groups in total. The van der Waals surface area contributed by atoms with Crippen molar-refractivity contribution in [3.05, 3.63) is 66.4 Å². The first-order valence-electron chi connectivity index (χ1n) is 8.15. The highest BCUT2D eigenvalue weighted by Crippen LogP contribution is 2.26. The Morgan fingerprint density at radius 1 is 1.11 bits per heavy atom. The molecule has 0 saturated heterocycles. The number of hydrogen-bond donors (Lipinski definition) is 1. The summed E-state index contributed by atoms with van der Waals surface area (Å²) in [6.07, 6.45) is 2.57. The van der Waals surface area contributed by atoms with Gasteiger partial charge >= 0.3 is 0 Å². The van der Waals surface area contributed by atoms with Crippen molar-refractivity contribution in [1.82, 2.24) is 14.5 Å². The summed E-state index contributed by atoms with van der Waals surface area (Å²) in [4.78, 5) is 12.1. The van der Waals surface area contributed by atoms with Crippen molar-refractivity contribution in [2.45, 2.75) is 6.42 Å². The van der Waals surface area contributed by atoms with Gasteiger partial charge in [-0.15, -0.1) is 0 Å². The van der Waals surface area contributed by atoms with Crippen LogP contribution >= 0.6 is 0 Å². The molecule has 1 amide bonds. The van der Waals surface area contributed by atoms with E-state index in [0.717, 1.165) is 17.5 Å². The van der Waals surface area contributed by atoms with Gasteiger partial charge in [-0.2, -0.15) is 5.10 Å². The largest absolute Gasteiger partial charge is 0.497 e. The summed E-state index contributed by atoms with van der Waals surface area (Å²) in [7, 11) is -2.04. The summed E-state index contributed by atoms with van der Waals surface area (Å²) in [5, 5.41) is 4.60. The van der Waals surface area contributed by atoms with E-state index >= 15 is 0 Å². The smallest absolute Gasteiger partial charge is 0.237 e. The minimum Gasteiger partial charge on any atom is -0.497 e. The quantitative estimate of drug-likeness (QED) is 0.702. The molecule has 27 heavy (non-hydrogen) atoms. The molecule has 2 aromatic carbocycles. The van der Waals surface area contributed by atoms with Crippen molar-refractivity contribution >= 4 is 15.9 Å². The Hall–Kier alpha value is -3.13. The van der Waals surface area contributed by atoms with Crippen LogP contribution in [0.5, 0.6) is 5.75 Å². The van der Waals surface area contributed by atoms with Crippen molar-refractivity contribution < 1.29 is 17.9 Å². The number of methoxy groups -OCH3 is 1. The topological polar surface area (TPSA) is 90.3 Å². The van der Waals surface area contributed by atoms with Crippen LogP contribution in [-0.4, -0.2) is 37.5 Å². The van der Waals surface area contributed by atoms with Crippen LogP contribution in [0.3, 0.4) is 0 Å². The summed E-state index contributed by atoms with van der Waals surface area (Å²) in [5.41, 5.74) is 2.85. The lowest BCUT2D eigenvalue weighted by Gasteiger charge is -2.05. The third kappa shape index (κ3) is 4.73. The van der Waals surface area contributed by atoms with Crippen LogP contribution in [0.25, 0.3) is 16.9 Å². The normalized spacial score (nSPS) is 11.2. The van der Waals surface area contributed by atoms with Crippen LogP contribution < -0.4 is 9.46 Å². The molecule has 0 radical (unpaired) electrons. The van der Waals surface area contributed by atoms with Crippen molar-refractivity contribution in [3.8, 4) is 22.7 Å². The standard InChI is InChI=1S/C19H19N3O4S/c1-26-17-10-8-14(9-11-17)19-15(12-18(23)21-27(2,24)25)13-22(20-19)16-6-4-3-5-7-16/h3-11,13H,12H2,1-2H3,(H,21,23). The predicted octanol–water partition coefficient (Wildman–Crippen LogP) is 2.17. The molecular formula is C19H19N3O4S. The Morgan fingerprint density at radius 3 is 2.37 bits per heavy atom. The zero-order valence-electron chi connectivity index (χ0n) is 14.9. The molecule has 140 valence electrons. The number of aromatic nitrogens is 2. The second kappa shape index (κ2) is 7.63. The van der Waals surface area contributed by atoms with E-state index in [1.54, 1.807) is 30.1 Å². The number of nitrogens with one attached hydrogen (secondary N) is 1.